The van der Waals surface area contributed by atoms with Crippen molar-refractivity contribution in [2.45, 2.75) is 71.8 Å². The van der Waals surface area contributed by atoms with Crippen LogP contribution in [0.15, 0.2) is 11.6 Å². The molecule has 0 saturated carbocycles. The molecule has 0 aromatic rings. The third-order valence-corrected chi connectivity index (χ3v) is 2.87. The van der Waals surface area contributed by atoms with Gasteiger partial charge in [-0.2, -0.15) is 0 Å². The van der Waals surface area contributed by atoms with Crippen molar-refractivity contribution >= 4 is 0 Å². The maximum absolute atomic E-state index is 10.1. The Bertz CT molecular complexity index is 168. The minimum Gasteiger partial charge on any atom is -0.386 e. The fourth-order valence-electron chi connectivity index (χ4n) is 1.46. The van der Waals surface area contributed by atoms with Gasteiger partial charge < -0.3 is 5.11 Å². The van der Waals surface area contributed by atoms with E-state index < -0.39 is 5.60 Å². The number of rotatable bonds is 7. The summed E-state index contributed by atoms with van der Waals surface area (Å²) in [7, 11) is 0. The van der Waals surface area contributed by atoms with E-state index in [1.54, 1.807) is 0 Å². The van der Waals surface area contributed by atoms with Crippen molar-refractivity contribution in [1.29, 1.82) is 0 Å². The summed E-state index contributed by atoms with van der Waals surface area (Å²) in [6, 6.07) is 0. The topological polar surface area (TPSA) is 20.2 Å². The molecule has 0 saturated heterocycles. The average Bonchev–Trinajstić information content (AvgIpc) is 2.15. The van der Waals surface area contributed by atoms with E-state index in [0.29, 0.717) is 0 Å². The molecular weight excluding hydrogens is 172 g/mol. The van der Waals surface area contributed by atoms with Gasteiger partial charge >= 0.3 is 0 Å². The zero-order valence-corrected chi connectivity index (χ0v) is 10.3. The molecule has 0 aliphatic heterocycles. The molecule has 0 aliphatic rings. The van der Waals surface area contributed by atoms with E-state index in [1.165, 1.54) is 12.8 Å². The zero-order chi connectivity index (χ0) is 11.0. The van der Waals surface area contributed by atoms with E-state index in [1.807, 2.05) is 13.8 Å². The monoisotopic (exact) mass is 198 g/mol. The van der Waals surface area contributed by atoms with Crippen LogP contribution in [0.4, 0.5) is 0 Å². The van der Waals surface area contributed by atoms with Gasteiger partial charge in [-0.3, -0.25) is 0 Å². The third-order valence-electron chi connectivity index (χ3n) is 2.87. The van der Waals surface area contributed by atoms with Gasteiger partial charge in [0.1, 0.15) is 0 Å². The van der Waals surface area contributed by atoms with Gasteiger partial charge in [-0.1, -0.05) is 45.6 Å². The lowest BCUT2D eigenvalue weighted by molar-refractivity contribution is 0.0861. The Balaban J connectivity index is 4.04. The van der Waals surface area contributed by atoms with Gasteiger partial charge in [0.2, 0.25) is 0 Å². The number of hydrogen-bond donors (Lipinski definition) is 1. The molecule has 0 spiro atoms. The zero-order valence-electron chi connectivity index (χ0n) is 10.3. The number of hydrogen-bond acceptors (Lipinski definition) is 1. The molecule has 84 valence electrons. The van der Waals surface area contributed by atoms with E-state index in [4.69, 9.17) is 0 Å². The van der Waals surface area contributed by atoms with Crippen LogP contribution in [0.1, 0.15) is 66.2 Å². The van der Waals surface area contributed by atoms with Gasteiger partial charge in [0, 0.05) is 0 Å². The Kier molecular flexibility index (Phi) is 6.90. The second-order valence-electron chi connectivity index (χ2n) is 4.41. The molecule has 1 nitrogen and oxygen atoms in total. The highest BCUT2D eigenvalue weighted by atomic mass is 16.3. The molecular formula is C13H26O. The summed E-state index contributed by atoms with van der Waals surface area (Å²) in [6.07, 6.45) is 8.88. The number of allylic oxidation sites excluding steroid dienone is 1. The average molecular weight is 198 g/mol. The molecule has 1 N–H and O–H groups in total. The Morgan fingerprint density at radius 1 is 1.21 bits per heavy atom. The van der Waals surface area contributed by atoms with Crippen LogP contribution in [0.5, 0.6) is 0 Å². The van der Waals surface area contributed by atoms with Crippen molar-refractivity contribution in [3.63, 3.8) is 0 Å². The van der Waals surface area contributed by atoms with E-state index in [2.05, 4.69) is 19.9 Å². The van der Waals surface area contributed by atoms with Gasteiger partial charge in [-0.15, -0.1) is 0 Å². The molecule has 0 bridgehead atoms. The molecule has 0 aromatic carbocycles. The maximum atomic E-state index is 10.1. The highest BCUT2D eigenvalue weighted by Gasteiger charge is 2.20. The normalized spacial score (nSPS) is 16.8. The predicted molar refractivity (Wildman–Crippen MR) is 63.4 cm³/mol. The van der Waals surface area contributed by atoms with Crippen LogP contribution in [0.2, 0.25) is 0 Å². The van der Waals surface area contributed by atoms with Crippen molar-refractivity contribution in [2.24, 2.45) is 0 Å². The summed E-state index contributed by atoms with van der Waals surface area (Å²) < 4.78 is 0. The fourth-order valence-corrected chi connectivity index (χ4v) is 1.46. The van der Waals surface area contributed by atoms with Gasteiger partial charge in [-0.25, -0.2) is 0 Å². The Morgan fingerprint density at radius 3 is 2.29 bits per heavy atom. The maximum Gasteiger partial charge on any atom is 0.0826 e. The van der Waals surface area contributed by atoms with Gasteiger partial charge in [0.15, 0.2) is 0 Å². The van der Waals surface area contributed by atoms with Crippen molar-refractivity contribution in [1.82, 2.24) is 0 Å². The summed E-state index contributed by atoms with van der Waals surface area (Å²) in [5, 5.41) is 10.1. The van der Waals surface area contributed by atoms with Crippen LogP contribution in [0.25, 0.3) is 0 Å². The van der Waals surface area contributed by atoms with Crippen LogP contribution >= 0.6 is 0 Å². The van der Waals surface area contributed by atoms with Crippen LogP contribution < -0.4 is 0 Å². The molecule has 0 amide bonds. The first-order valence-corrected chi connectivity index (χ1v) is 5.94. The van der Waals surface area contributed by atoms with Gasteiger partial charge in [0.05, 0.1) is 5.60 Å². The van der Waals surface area contributed by atoms with Gasteiger partial charge in [-0.05, 0) is 32.3 Å². The highest BCUT2D eigenvalue weighted by Crippen LogP contribution is 2.23. The van der Waals surface area contributed by atoms with Crippen molar-refractivity contribution in [3.8, 4) is 0 Å². The van der Waals surface area contributed by atoms with Crippen molar-refractivity contribution in [2.75, 3.05) is 0 Å². The third kappa shape index (κ3) is 5.43. The van der Waals surface area contributed by atoms with E-state index in [9.17, 15) is 5.11 Å². The molecule has 0 aromatic heterocycles. The van der Waals surface area contributed by atoms with E-state index in [0.717, 1.165) is 31.3 Å². The largest absolute Gasteiger partial charge is 0.386 e. The number of unbranched alkanes of at least 4 members (excludes halogenated alkanes) is 3. The molecule has 0 unspecified atom stereocenters. The quantitative estimate of drug-likeness (QED) is 0.483. The van der Waals surface area contributed by atoms with Crippen molar-refractivity contribution < 1.29 is 5.11 Å². The lowest BCUT2D eigenvalue weighted by Crippen LogP contribution is -2.25. The number of aliphatic hydroxyl groups is 1. The predicted octanol–water partition coefficient (Wildman–Crippen LogP) is 4.06. The lowest BCUT2D eigenvalue weighted by Gasteiger charge is -2.24. The molecule has 0 fully saturated rings. The lowest BCUT2D eigenvalue weighted by atomic mass is 9.90. The summed E-state index contributed by atoms with van der Waals surface area (Å²) in [5.74, 6) is 0. The first kappa shape index (κ1) is 13.7. The Labute approximate surface area is 89.2 Å². The summed E-state index contributed by atoms with van der Waals surface area (Å²) in [4.78, 5) is 0. The molecule has 0 rings (SSSR count). The smallest absolute Gasteiger partial charge is 0.0826 e. The fraction of sp³-hybridized carbons (Fsp3) is 0.846. The summed E-state index contributed by atoms with van der Waals surface area (Å²) in [5.41, 5.74) is 0.559. The van der Waals surface area contributed by atoms with E-state index >= 15 is 0 Å². The summed E-state index contributed by atoms with van der Waals surface area (Å²) >= 11 is 0. The van der Waals surface area contributed by atoms with Crippen LogP contribution in [0.3, 0.4) is 0 Å². The second kappa shape index (κ2) is 7.05. The molecule has 1 heteroatoms. The molecule has 0 aliphatic carbocycles. The van der Waals surface area contributed by atoms with Crippen LogP contribution in [0, 0.1) is 0 Å². The van der Waals surface area contributed by atoms with Crippen LogP contribution in [-0.4, -0.2) is 10.7 Å². The first-order chi connectivity index (χ1) is 6.54. The molecule has 14 heavy (non-hydrogen) atoms. The second-order valence-corrected chi connectivity index (χ2v) is 4.41. The standard InChI is InChI=1S/C13H26O/c1-5-7-9-10-12(3)13(4,14)11-8-6-2/h10,14H,5-9,11H2,1-4H3/b12-10+/t13-/m1/s1. The summed E-state index contributed by atoms with van der Waals surface area (Å²) in [6.45, 7) is 8.33. The first-order valence-electron chi connectivity index (χ1n) is 5.94. The molecule has 0 radical (unpaired) electrons. The Morgan fingerprint density at radius 2 is 1.79 bits per heavy atom. The van der Waals surface area contributed by atoms with Crippen molar-refractivity contribution in [3.05, 3.63) is 11.6 Å². The molecule has 0 heterocycles. The SMILES string of the molecule is CCCC/C=C(\C)[C@](C)(O)CCCC. The highest BCUT2D eigenvalue weighted by molar-refractivity contribution is 5.11. The Hall–Kier alpha value is -0.300. The minimum atomic E-state index is -0.580. The van der Waals surface area contributed by atoms with Gasteiger partial charge in [0.25, 0.3) is 0 Å². The molecule has 1 atom stereocenters. The minimum absolute atomic E-state index is 0.580. The van der Waals surface area contributed by atoms with Crippen LogP contribution in [-0.2, 0) is 0 Å². The van der Waals surface area contributed by atoms with E-state index in [-0.39, 0.29) is 0 Å².